The van der Waals surface area contributed by atoms with E-state index in [2.05, 4.69) is 5.32 Å². The Morgan fingerprint density at radius 1 is 1.24 bits per heavy atom. The van der Waals surface area contributed by atoms with Gasteiger partial charge in [-0.25, -0.2) is 4.79 Å². The molecule has 0 spiro atoms. The van der Waals surface area contributed by atoms with Crippen molar-refractivity contribution in [3.8, 4) is 0 Å². The number of piperidine rings is 1. The highest BCUT2D eigenvalue weighted by Gasteiger charge is 2.39. The standard InChI is InChI=1S/C16H28N2O3/c1-16(14(19)20)9-5-11-18(12-16)15(21)17-10-8-13-6-3-2-4-7-13/h13H,2-12H2,1H3,(H,17,21)(H,19,20). The third kappa shape index (κ3) is 4.35. The average molecular weight is 296 g/mol. The summed E-state index contributed by atoms with van der Waals surface area (Å²) in [4.78, 5) is 25.1. The van der Waals surface area contributed by atoms with Crippen molar-refractivity contribution in [2.75, 3.05) is 19.6 Å². The summed E-state index contributed by atoms with van der Waals surface area (Å²) in [5.74, 6) is -0.0492. The van der Waals surface area contributed by atoms with Crippen molar-refractivity contribution < 1.29 is 14.7 Å². The number of carbonyl (C=O) groups is 2. The minimum absolute atomic E-state index is 0.0991. The van der Waals surface area contributed by atoms with Crippen LogP contribution in [-0.4, -0.2) is 41.6 Å². The fraction of sp³-hybridized carbons (Fsp3) is 0.875. The topological polar surface area (TPSA) is 69.6 Å². The van der Waals surface area contributed by atoms with Gasteiger partial charge in [0.2, 0.25) is 0 Å². The predicted octanol–water partition coefficient (Wildman–Crippen LogP) is 2.85. The van der Waals surface area contributed by atoms with E-state index in [-0.39, 0.29) is 6.03 Å². The molecule has 21 heavy (non-hydrogen) atoms. The predicted molar refractivity (Wildman–Crippen MR) is 81.1 cm³/mol. The Balaban J connectivity index is 1.73. The first-order valence-electron chi connectivity index (χ1n) is 8.27. The van der Waals surface area contributed by atoms with E-state index in [1.807, 2.05) is 0 Å². The molecule has 0 aromatic heterocycles. The van der Waals surface area contributed by atoms with Crippen LogP contribution in [-0.2, 0) is 4.79 Å². The van der Waals surface area contributed by atoms with Crippen molar-refractivity contribution in [2.24, 2.45) is 11.3 Å². The molecular weight excluding hydrogens is 268 g/mol. The SMILES string of the molecule is CC1(C(=O)O)CCCN(C(=O)NCCC2CCCCC2)C1. The molecular formula is C16H28N2O3. The van der Waals surface area contributed by atoms with E-state index >= 15 is 0 Å². The first kappa shape index (κ1) is 16.1. The van der Waals surface area contributed by atoms with E-state index < -0.39 is 11.4 Å². The lowest BCUT2D eigenvalue weighted by atomic mass is 9.82. The number of amides is 2. The van der Waals surface area contributed by atoms with Crippen LogP contribution in [0.25, 0.3) is 0 Å². The van der Waals surface area contributed by atoms with Gasteiger partial charge in [0.1, 0.15) is 0 Å². The van der Waals surface area contributed by atoms with Crippen LogP contribution in [0.2, 0.25) is 0 Å². The Morgan fingerprint density at radius 3 is 2.62 bits per heavy atom. The van der Waals surface area contributed by atoms with Crippen molar-refractivity contribution in [3.63, 3.8) is 0 Å². The van der Waals surface area contributed by atoms with Gasteiger partial charge in [0.25, 0.3) is 0 Å². The lowest BCUT2D eigenvalue weighted by Crippen LogP contribution is -2.51. The maximum atomic E-state index is 12.2. The van der Waals surface area contributed by atoms with Crippen LogP contribution < -0.4 is 5.32 Å². The van der Waals surface area contributed by atoms with Crippen molar-refractivity contribution >= 4 is 12.0 Å². The number of carboxylic acids is 1. The van der Waals surface area contributed by atoms with Gasteiger partial charge in [-0.15, -0.1) is 0 Å². The third-order valence-corrected chi connectivity index (χ3v) is 5.05. The molecule has 5 heteroatoms. The average Bonchev–Trinajstić information content (AvgIpc) is 2.48. The van der Waals surface area contributed by atoms with Gasteiger partial charge in [-0.2, -0.15) is 0 Å². The lowest BCUT2D eigenvalue weighted by Gasteiger charge is -2.37. The molecule has 2 amide bonds. The molecule has 2 aliphatic rings. The number of likely N-dealkylation sites (tertiary alicyclic amines) is 1. The van der Waals surface area contributed by atoms with E-state index in [9.17, 15) is 14.7 Å². The highest BCUT2D eigenvalue weighted by molar-refractivity contribution is 5.78. The second kappa shape index (κ2) is 7.14. The first-order chi connectivity index (χ1) is 10.0. The van der Waals surface area contributed by atoms with Crippen LogP contribution in [0.3, 0.4) is 0 Å². The number of hydrogen-bond acceptors (Lipinski definition) is 2. The molecule has 2 rings (SSSR count). The number of nitrogens with zero attached hydrogens (tertiary/aromatic N) is 1. The summed E-state index contributed by atoms with van der Waals surface area (Å²) >= 11 is 0. The van der Waals surface area contributed by atoms with Gasteiger partial charge in [0, 0.05) is 19.6 Å². The molecule has 1 heterocycles. The fourth-order valence-electron chi connectivity index (χ4n) is 3.56. The molecule has 1 aliphatic carbocycles. The minimum Gasteiger partial charge on any atom is -0.481 e. The summed E-state index contributed by atoms with van der Waals surface area (Å²) in [7, 11) is 0. The maximum absolute atomic E-state index is 12.2. The molecule has 0 bridgehead atoms. The lowest BCUT2D eigenvalue weighted by molar-refractivity contribution is -0.150. The zero-order valence-electron chi connectivity index (χ0n) is 13.1. The minimum atomic E-state index is -0.804. The largest absolute Gasteiger partial charge is 0.481 e. The number of rotatable bonds is 4. The van der Waals surface area contributed by atoms with Crippen LogP contribution in [0, 0.1) is 11.3 Å². The number of urea groups is 1. The molecule has 5 nitrogen and oxygen atoms in total. The third-order valence-electron chi connectivity index (χ3n) is 5.05. The van der Waals surface area contributed by atoms with Crippen molar-refractivity contribution in [1.29, 1.82) is 0 Å². The van der Waals surface area contributed by atoms with E-state index in [1.165, 1.54) is 32.1 Å². The summed E-state index contributed by atoms with van der Waals surface area (Å²) in [6.07, 6.45) is 9.03. The molecule has 0 aromatic carbocycles. The van der Waals surface area contributed by atoms with Gasteiger partial charge in [-0.3, -0.25) is 4.79 Å². The number of aliphatic carboxylic acids is 1. The molecule has 120 valence electrons. The van der Waals surface area contributed by atoms with Crippen LogP contribution in [0.5, 0.6) is 0 Å². The van der Waals surface area contributed by atoms with Crippen LogP contribution in [0.1, 0.15) is 58.3 Å². The molecule has 2 N–H and O–H groups in total. The van der Waals surface area contributed by atoms with Crippen LogP contribution >= 0.6 is 0 Å². The first-order valence-corrected chi connectivity index (χ1v) is 8.27. The Morgan fingerprint density at radius 2 is 1.95 bits per heavy atom. The highest BCUT2D eigenvalue weighted by atomic mass is 16.4. The summed E-state index contributed by atoms with van der Waals surface area (Å²) in [6.45, 7) is 3.43. The van der Waals surface area contributed by atoms with Gasteiger partial charge in [0.15, 0.2) is 0 Å². The Hall–Kier alpha value is -1.26. The number of nitrogens with one attached hydrogen (secondary N) is 1. The quantitative estimate of drug-likeness (QED) is 0.838. The van der Waals surface area contributed by atoms with Gasteiger partial charge < -0.3 is 15.3 Å². The van der Waals surface area contributed by atoms with Gasteiger partial charge >= 0.3 is 12.0 Å². The van der Waals surface area contributed by atoms with E-state index in [0.29, 0.717) is 26.1 Å². The normalized spacial score (nSPS) is 27.4. The Bertz CT molecular complexity index is 380. The monoisotopic (exact) mass is 296 g/mol. The number of carbonyl (C=O) groups excluding carboxylic acids is 1. The van der Waals surface area contributed by atoms with Gasteiger partial charge in [0.05, 0.1) is 5.41 Å². The Kier molecular flexibility index (Phi) is 5.48. The van der Waals surface area contributed by atoms with Crippen LogP contribution in [0.15, 0.2) is 0 Å². The molecule has 1 atom stereocenters. The highest BCUT2D eigenvalue weighted by Crippen LogP contribution is 2.29. The van der Waals surface area contributed by atoms with Crippen molar-refractivity contribution in [3.05, 3.63) is 0 Å². The molecule has 0 radical (unpaired) electrons. The second-order valence-corrected chi connectivity index (χ2v) is 6.92. The zero-order chi connectivity index (χ0) is 15.3. The van der Waals surface area contributed by atoms with Crippen molar-refractivity contribution in [1.82, 2.24) is 10.2 Å². The molecule has 1 saturated carbocycles. The molecule has 1 saturated heterocycles. The summed E-state index contributed by atoms with van der Waals surface area (Å²) in [5.41, 5.74) is -0.793. The summed E-state index contributed by atoms with van der Waals surface area (Å²) in [5, 5.41) is 12.3. The van der Waals surface area contributed by atoms with Crippen LogP contribution in [0.4, 0.5) is 4.79 Å². The maximum Gasteiger partial charge on any atom is 0.317 e. The zero-order valence-corrected chi connectivity index (χ0v) is 13.1. The molecule has 1 unspecified atom stereocenters. The molecule has 2 fully saturated rings. The summed E-state index contributed by atoms with van der Waals surface area (Å²) in [6, 6.07) is -0.0991. The van der Waals surface area contributed by atoms with E-state index in [0.717, 1.165) is 18.8 Å². The van der Waals surface area contributed by atoms with E-state index in [4.69, 9.17) is 0 Å². The van der Waals surface area contributed by atoms with Gasteiger partial charge in [-0.1, -0.05) is 32.1 Å². The number of hydrogen-bond donors (Lipinski definition) is 2. The second-order valence-electron chi connectivity index (χ2n) is 6.92. The van der Waals surface area contributed by atoms with E-state index in [1.54, 1.807) is 11.8 Å². The van der Waals surface area contributed by atoms with Crippen molar-refractivity contribution in [2.45, 2.75) is 58.3 Å². The number of carboxylic acid groups (broad SMARTS) is 1. The summed E-state index contributed by atoms with van der Waals surface area (Å²) < 4.78 is 0. The fourth-order valence-corrected chi connectivity index (χ4v) is 3.56. The Labute approximate surface area is 127 Å². The smallest absolute Gasteiger partial charge is 0.317 e. The van der Waals surface area contributed by atoms with Gasteiger partial charge in [-0.05, 0) is 32.1 Å². The molecule has 0 aromatic rings. The molecule has 1 aliphatic heterocycles.